The maximum Gasteiger partial charge on any atom is 0.416 e. The first kappa shape index (κ1) is 18.0. The minimum Gasteiger partial charge on any atom is -0.381 e. The zero-order valence-corrected chi connectivity index (χ0v) is 13.7. The van der Waals surface area contributed by atoms with Gasteiger partial charge in [-0.2, -0.15) is 13.2 Å². The van der Waals surface area contributed by atoms with Crippen LogP contribution >= 0.6 is 0 Å². The molecule has 5 nitrogen and oxygen atoms in total. The van der Waals surface area contributed by atoms with Crippen molar-refractivity contribution in [2.75, 3.05) is 25.1 Å². The Bertz CT molecular complexity index is 630. The van der Waals surface area contributed by atoms with Gasteiger partial charge in [0, 0.05) is 36.4 Å². The van der Waals surface area contributed by atoms with E-state index >= 15 is 0 Å². The summed E-state index contributed by atoms with van der Waals surface area (Å²) < 4.78 is 43.5. The second-order valence-corrected chi connectivity index (χ2v) is 6.74. The van der Waals surface area contributed by atoms with Crippen LogP contribution in [0.1, 0.15) is 24.8 Å². The summed E-state index contributed by atoms with van der Waals surface area (Å²) in [5, 5.41) is 5.71. The highest BCUT2D eigenvalue weighted by atomic mass is 19.4. The van der Waals surface area contributed by atoms with Gasteiger partial charge in [-0.15, -0.1) is 0 Å². The number of halogens is 3. The predicted molar refractivity (Wildman–Crippen MR) is 86.9 cm³/mol. The molecule has 3 rings (SSSR count). The summed E-state index contributed by atoms with van der Waals surface area (Å²) in [6, 6.07) is 4.86. The van der Waals surface area contributed by atoms with Gasteiger partial charge in [0.25, 0.3) is 0 Å². The van der Waals surface area contributed by atoms with Crippen LogP contribution in [0.4, 0.5) is 18.9 Å². The van der Waals surface area contributed by atoms with E-state index in [-0.39, 0.29) is 35.6 Å². The molecule has 2 unspecified atom stereocenters. The summed E-state index contributed by atoms with van der Waals surface area (Å²) in [5.74, 6) is -0.250. The van der Waals surface area contributed by atoms with Crippen molar-refractivity contribution in [2.24, 2.45) is 11.1 Å². The molecule has 25 heavy (non-hydrogen) atoms. The van der Waals surface area contributed by atoms with Crippen molar-refractivity contribution < 1.29 is 22.7 Å². The molecule has 1 amide bonds. The molecule has 0 aromatic heterocycles. The third-order valence-electron chi connectivity index (χ3n) is 5.32. The maximum absolute atomic E-state index is 12.7. The molecule has 1 heterocycles. The normalized spacial score (nSPS) is 25.3. The van der Waals surface area contributed by atoms with Gasteiger partial charge in [-0.05, 0) is 37.5 Å². The van der Waals surface area contributed by atoms with Crippen molar-refractivity contribution in [2.45, 2.75) is 37.5 Å². The fourth-order valence-electron chi connectivity index (χ4n) is 3.73. The molecule has 2 aliphatic rings. The Kier molecular flexibility index (Phi) is 4.92. The highest BCUT2D eigenvalue weighted by Crippen LogP contribution is 2.47. The van der Waals surface area contributed by atoms with Crippen LogP contribution in [0.25, 0.3) is 0 Å². The maximum atomic E-state index is 12.7. The second-order valence-electron chi connectivity index (χ2n) is 6.74. The van der Waals surface area contributed by atoms with Gasteiger partial charge in [0.15, 0.2) is 0 Å². The molecule has 0 bridgehead atoms. The van der Waals surface area contributed by atoms with Gasteiger partial charge in [-0.3, -0.25) is 4.79 Å². The summed E-state index contributed by atoms with van der Waals surface area (Å²) in [4.78, 5) is 12.2. The van der Waals surface area contributed by atoms with Gasteiger partial charge in [-0.1, -0.05) is 6.07 Å². The number of nitrogens with two attached hydrogens (primary N) is 1. The quantitative estimate of drug-likeness (QED) is 0.772. The van der Waals surface area contributed by atoms with Crippen LogP contribution < -0.4 is 16.4 Å². The topological polar surface area (TPSA) is 76.4 Å². The molecule has 138 valence electrons. The number of rotatable bonds is 4. The van der Waals surface area contributed by atoms with E-state index in [9.17, 15) is 18.0 Å². The number of carbonyl (C=O) groups excluding carboxylic acids is 1. The summed E-state index contributed by atoms with van der Waals surface area (Å²) in [7, 11) is 0. The van der Waals surface area contributed by atoms with Crippen LogP contribution in [-0.4, -0.2) is 37.7 Å². The van der Waals surface area contributed by atoms with Crippen LogP contribution in [0.2, 0.25) is 0 Å². The van der Waals surface area contributed by atoms with E-state index in [4.69, 9.17) is 10.5 Å². The first-order valence-electron chi connectivity index (χ1n) is 8.35. The lowest BCUT2D eigenvalue weighted by atomic mass is 9.56. The molecule has 1 saturated heterocycles. The lowest BCUT2D eigenvalue weighted by Gasteiger charge is -2.56. The molecular formula is C17H22F3N3O2. The Morgan fingerprint density at radius 2 is 2.04 bits per heavy atom. The Morgan fingerprint density at radius 1 is 1.32 bits per heavy atom. The summed E-state index contributed by atoms with van der Waals surface area (Å²) in [5.41, 5.74) is 5.55. The standard InChI is InChI=1S/C17H22F3N3O2/c18-17(19,20)11-2-1-3-12(8-11)22-10-15(24)23-14-9-13(21)16(14)4-6-25-7-5-16/h1-3,8,13-14,22H,4-7,9-10,21H2,(H,23,24). The number of carbonyl (C=O) groups is 1. The largest absolute Gasteiger partial charge is 0.416 e. The molecule has 1 aromatic rings. The number of benzene rings is 1. The third-order valence-corrected chi connectivity index (χ3v) is 5.32. The number of ether oxygens (including phenoxy) is 1. The molecule has 4 N–H and O–H groups in total. The molecule has 8 heteroatoms. The molecule has 0 radical (unpaired) electrons. The Labute approximate surface area is 144 Å². The zero-order valence-electron chi connectivity index (χ0n) is 13.7. The molecule has 1 aliphatic carbocycles. The molecule has 1 saturated carbocycles. The van der Waals surface area contributed by atoms with Gasteiger partial charge in [0.05, 0.1) is 12.1 Å². The van der Waals surface area contributed by atoms with Crippen LogP contribution in [-0.2, 0) is 15.7 Å². The number of alkyl halides is 3. The van der Waals surface area contributed by atoms with E-state index in [1.807, 2.05) is 0 Å². The smallest absolute Gasteiger partial charge is 0.381 e. The Morgan fingerprint density at radius 3 is 2.68 bits per heavy atom. The first-order valence-corrected chi connectivity index (χ1v) is 8.35. The number of hydrogen-bond acceptors (Lipinski definition) is 4. The SMILES string of the molecule is NC1CC(NC(=O)CNc2cccc(C(F)(F)F)c2)C12CCOCC2. The number of hydrogen-bond donors (Lipinski definition) is 3. The van der Waals surface area contributed by atoms with Crippen molar-refractivity contribution in [3.63, 3.8) is 0 Å². The Hall–Kier alpha value is -1.80. The van der Waals surface area contributed by atoms with Crippen LogP contribution in [0, 0.1) is 5.41 Å². The van der Waals surface area contributed by atoms with E-state index in [0.29, 0.717) is 13.2 Å². The van der Waals surface area contributed by atoms with E-state index in [1.165, 1.54) is 12.1 Å². The van der Waals surface area contributed by atoms with Crippen molar-refractivity contribution in [3.05, 3.63) is 29.8 Å². The van der Waals surface area contributed by atoms with Crippen molar-refractivity contribution in [1.82, 2.24) is 5.32 Å². The lowest BCUT2D eigenvalue weighted by Crippen LogP contribution is -2.69. The third kappa shape index (κ3) is 3.74. The second kappa shape index (κ2) is 6.84. The highest BCUT2D eigenvalue weighted by Gasteiger charge is 2.54. The summed E-state index contributed by atoms with van der Waals surface area (Å²) >= 11 is 0. The number of anilines is 1. The average molecular weight is 357 g/mol. The van der Waals surface area contributed by atoms with Crippen molar-refractivity contribution >= 4 is 11.6 Å². The molecule has 1 spiro atoms. The molecule has 1 aromatic carbocycles. The van der Waals surface area contributed by atoms with Crippen LogP contribution in [0.3, 0.4) is 0 Å². The zero-order chi connectivity index (χ0) is 18.1. The van der Waals surface area contributed by atoms with Gasteiger partial charge in [-0.25, -0.2) is 0 Å². The van der Waals surface area contributed by atoms with E-state index in [0.717, 1.165) is 31.4 Å². The number of nitrogens with one attached hydrogen (secondary N) is 2. The average Bonchev–Trinajstić information content (AvgIpc) is 2.60. The number of amides is 1. The fraction of sp³-hybridized carbons (Fsp3) is 0.588. The van der Waals surface area contributed by atoms with Crippen molar-refractivity contribution in [3.8, 4) is 0 Å². The molecular weight excluding hydrogens is 335 g/mol. The van der Waals surface area contributed by atoms with Gasteiger partial charge in [0.2, 0.25) is 5.91 Å². The van der Waals surface area contributed by atoms with Gasteiger partial charge in [0.1, 0.15) is 0 Å². The summed E-state index contributed by atoms with van der Waals surface area (Å²) in [6.07, 6.45) is -2.05. The summed E-state index contributed by atoms with van der Waals surface area (Å²) in [6.45, 7) is 1.20. The minimum absolute atomic E-state index is 0.00205. The van der Waals surface area contributed by atoms with Gasteiger partial charge < -0.3 is 21.1 Å². The van der Waals surface area contributed by atoms with Gasteiger partial charge >= 0.3 is 6.18 Å². The molecule has 2 fully saturated rings. The van der Waals surface area contributed by atoms with Crippen molar-refractivity contribution in [1.29, 1.82) is 0 Å². The Balaban J connectivity index is 1.54. The van der Waals surface area contributed by atoms with E-state index in [1.54, 1.807) is 0 Å². The first-order chi connectivity index (χ1) is 11.8. The predicted octanol–water partition coefficient (Wildman–Crippen LogP) is 2.13. The molecule has 2 atom stereocenters. The molecule has 1 aliphatic heterocycles. The monoisotopic (exact) mass is 357 g/mol. The van der Waals surface area contributed by atoms with E-state index < -0.39 is 11.7 Å². The van der Waals surface area contributed by atoms with Crippen LogP contribution in [0.5, 0.6) is 0 Å². The van der Waals surface area contributed by atoms with E-state index in [2.05, 4.69) is 10.6 Å². The van der Waals surface area contributed by atoms with Crippen LogP contribution in [0.15, 0.2) is 24.3 Å². The lowest BCUT2D eigenvalue weighted by molar-refractivity contribution is -0.137. The minimum atomic E-state index is -4.41. The highest BCUT2D eigenvalue weighted by molar-refractivity contribution is 5.81. The fourth-order valence-corrected chi connectivity index (χ4v) is 3.73.